The summed E-state index contributed by atoms with van der Waals surface area (Å²) in [5.74, 6) is -0.626. The second-order valence-electron chi connectivity index (χ2n) is 10.1. The van der Waals surface area contributed by atoms with Crippen LogP contribution < -0.4 is 5.56 Å². The number of carbonyl (C=O) groups excluding carboxylic acids is 2. The van der Waals surface area contributed by atoms with Crippen LogP contribution in [-0.2, 0) is 16.1 Å². The molecule has 2 aliphatic heterocycles. The number of amides is 1. The fourth-order valence-corrected chi connectivity index (χ4v) is 5.16. The van der Waals surface area contributed by atoms with Gasteiger partial charge in [0.1, 0.15) is 12.7 Å². The summed E-state index contributed by atoms with van der Waals surface area (Å²) in [6, 6.07) is 8.65. The Morgan fingerprint density at radius 1 is 1.05 bits per heavy atom. The van der Waals surface area contributed by atoms with Crippen molar-refractivity contribution in [3.8, 4) is 0 Å². The number of cyclic esters (lactones) is 1. The number of pyridine rings is 2. The maximum absolute atomic E-state index is 13.3. The predicted molar refractivity (Wildman–Crippen MR) is 136 cm³/mol. The second kappa shape index (κ2) is 12.4. The van der Waals surface area contributed by atoms with Crippen molar-refractivity contribution in [2.24, 2.45) is 5.41 Å². The average Bonchev–Trinajstić information content (AvgIpc) is 2.92. The number of piperidine rings is 1. The molecule has 4 heterocycles. The molecule has 1 spiro atoms. The Morgan fingerprint density at radius 2 is 1.86 bits per heavy atom. The number of esters is 1. The molecule has 2 aromatic heterocycles. The summed E-state index contributed by atoms with van der Waals surface area (Å²) in [6.07, 6.45) is 4.20. The topological polar surface area (TPSA) is 136 Å². The molecule has 0 unspecified atom stereocenters. The minimum Gasteiger partial charge on any atom is -0.462 e. The van der Waals surface area contributed by atoms with E-state index in [1.165, 1.54) is 12.3 Å². The number of aliphatic hydroxyl groups excluding tert-OH is 2. The Kier molecular flexibility index (Phi) is 9.07. The molecule has 10 heteroatoms. The zero-order valence-electron chi connectivity index (χ0n) is 21.1. The van der Waals surface area contributed by atoms with Gasteiger partial charge in [0.25, 0.3) is 5.91 Å². The summed E-state index contributed by atoms with van der Waals surface area (Å²) in [5, 5.41) is 20.9. The maximum atomic E-state index is 13.3. The number of carbonyl (C=O) groups is 2. The molecule has 2 aliphatic rings. The average molecular weight is 513 g/mol. The normalized spacial score (nSPS) is 23.9. The fourth-order valence-electron chi connectivity index (χ4n) is 5.16. The smallest absolute Gasteiger partial charge is 0.312 e. The Bertz CT molecular complexity index is 1100. The van der Waals surface area contributed by atoms with Gasteiger partial charge in [-0.25, -0.2) is 0 Å². The summed E-state index contributed by atoms with van der Waals surface area (Å²) < 4.78 is 5.54. The van der Waals surface area contributed by atoms with Gasteiger partial charge in [-0.1, -0.05) is 12.5 Å². The van der Waals surface area contributed by atoms with Crippen molar-refractivity contribution in [2.75, 3.05) is 32.8 Å². The van der Waals surface area contributed by atoms with Crippen LogP contribution in [0.1, 0.15) is 54.6 Å². The van der Waals surface area contributed by atoms with Crippen LogP contribution in [0.15, 0.2) is 47.5 Å². The first-order valence-electron chi connectivity index (χ1n) is 13.0. The van der Waals surface area contributed by atoms with E-state index in [4.69, 9.17) is 4.74 Å². The monoisotopic (exact) mass is 512 g/mol. The molecule has 0 saturated carbocycles. The third-order valence-corrected chi connectivity index (χ3v) is 7.52. The number of likely N-dealkylation sites (tertiary alicyclic amines) is 1. The van der Waals surface area contributed by atoms with E-state index in [9.17, 15) is 24.6 Å². The first kappa shape index (κ1) is 27.0. The van der Waals surface area contributed by atoms with Crippen molar-refractivity contribution in [1.29, 1.82) is 0 Å². The van der Waals surface area contributed by atoms with Gasteiger partial charge in [0.15, 0.2) is 0 Å². The summed E-state index contributed by atoms with van der Waals surface area (Å²) in [5.41, 5.74) is 0.233. The Balaban J connectivity index is 1.44. The van der Waals surface area contributed by atoms with Gasteiger partial charge < -0.3 is 24.8 Å². The number of nitrogens with one attached hydrogen (secondary N) is 1. The molecule has 1 amide bonds. The lowest BCUT2D eigenvalue weighted by Gasteiger charge is -2.40. The molecule has 2 atom stereocenters. The number of H-pyrrole nitrogens is 1. The summed E-state index contributed by atoms with van der Waals surface area (Å²) in [4.78, 5) is 48.8. The number of aliphatic hydroxyl groups is 2. The van der Waals surface area contributed by atoms with Crippen molar-refractivity contribution in [3.63, 3.8) is 0 Å². The van der Waals surface area contributed by atoms with E-state index in [0.717, 1.165) is 31.7 Å². The van der Waals surface area contributed by atoms with E-state index in [-0.39, 0.29) is 42.6 Å². The molecular formula is C27H36N4O6. The van der Waals surface area contributed by atoms with E-state index in [2.05, 4.69) is 14.9 Å². The van der Waals surface area contributed by atoms with Gasteiger partial charge in [0, 0.05) is 43.7 Å². The third kappa shape index (κ3) is 7.03. The Labute approximate surface area is 216 Å². The lowest BCUT2D eigenvalue weighted by Crippen LogP contribution is -2.46. The lowest BCUT2D eigenvalue weighted by atomic mass is 9.74. The van der Waals surface area contributed by atoms with Gasteiger partial charge in [-0.2, -0.15) is 0 Å². The lowest BCUT2D eigenvalue weighted by molar-refractivity contribution is -0.165. The van der Waals surface area contributed by atoms with Crippen molar-refractivity contribution < 1.29 is 24.5 Å². The third-order valence-electron chi connectivity index (χ3n) is 7.52. The molecule has 2 aromatic rings. The molecule has 2 fully saturated rings. The van der Waals surface area contributed by atoms with Crippen molar-refractivity contribution in [1.82, 2.24) is 19.8 Å². The van der Waals surface area contributed by atoms with E-state index in [1.807, 2.05) is 18.2 Å². The van der Waals surface area contributed by atoms with E-state index < -0.39 is 17.6 Å². The number of aromatic amines is 1. The second-order valence-corrected chi connectivity index (χ2v) is 10.1. The SMILES string of the molecule is O=C(c1cc[nH]c(=O)c1)N1CCCCC2(CCN(Cc3ccccn3)CC2)C(=O)OC[C@@H](O)[C@@H](O)CC1. The van der Waals surface area contributed by atoms with E-state index in [0.29, 0.717) is 32.2 Å². The zero-order chi connectivity index (χ0) is 26.3. The minimum absolute atomic E-state index is 0.126. The van der Waals surface area contributed by atoms with Crippen LogP contribution in [0.2, 0.25) is 0 Å². The van der Waals surface area contributed by atoms with Crippen LogP contribution in [-0.4, -0.2) is 86.9 Å². The van der Waals surface area contributed by atoms with E-state index in [1.54, 1.807) is 17.2 Å². The Hall–Kier alpha value is -3.08. The predicted octanol–water partition coefficient (Wildman–Crippen LogP) is 1.33. The molecule has 3 N–H and O–H groups in total. The van der Waals surface area contributed by atoms with Gasteiger partial charge in [-0.3, -0.25) is 24.3 Å². The van der Waals surface area contributed by atoms with Crippen molar-refractivity contribution >= 4 is 11.9 Å². The molecule has 0 radical (unpaired) electrons. The molecule has 0 aliphatic carbocycles. The number of nitrogens with zero attached hydrogens (tertiary/aromatic N) is 3. The summed E-state index contributed by atoms with van der Waals surface area (Å²) in [6.45, 7) is 2.52. The van der Waals surface area contributed by atoms with Crippen LogP contribution in [0, 0.1) is 5.41 Å². The highest BCUT2D eigenvalue weighted by atomic mass is 16.5. The van der Waals surface area contributed by atoms with Gasteiger partial charge in [0.2, 0.25) is 5.56 Å². The molecule has 0 bridgehead atoms. The molecular weight excluding hydrogens is 476 g/mol. The first-order chi connectivity index (χ1) is 17.9. The molecule has 2 saturated heterocycles. The highest BCUT2D eigenvalue weighted by Gasteiger charge is 2.42. The molecule has 10 nitrogen and oxygen atoms in total. The summed E-state index contributed by atoms with van der Waals surface area (Å²) in [7, 11) is 0. The molecule has 200 valence electrons. The van der Waals surface area contributed by atoms with Gasteiger partial charge >= 0.3 is 5.97 Å². The van der Waals surface area contributed by atoms with E-state index >= 15 is 0 Å². The van der Waals surface area contributed by atoms with Crippen molar-refractivity contribution in [2.45, 2.75) is 57.3 Å². The van der Waals surface area contributed by atoms with Crippen molar-refractivity contribution in [3.05, 3.63) is 64.3 Å². The molecule has 0 aromatic carbocycles. The van der Waals surface area contributed by atoms with Crippen LogP contribution in [0.3, 0.4) is 0 Å². The van der Waals surface area contributed by atoms with Crippen LogP contribution in [0.4, 0.5) is 0 Å². The largest absolute Gasteiger partial charge is 0.462 e. The van der Waals surface area contributed by atoms with Crippen LogP contribution in [0.5, 0.6) is 0 Å². The standard InChI is InChI=1S/C27H36N4O6/c32-22-7-14-31(25(35)20-6-12-29-24(34)17-20)13-4-2-8-27(26(36)37-19-23(22)33)9-15-30(16-10-27)18-21-5-1-3-11-28-21/h1,3,5-6,11-12,17,22-23,32-33H,2,4,7-10,13-16,18-19H2,(H,29,34)/t22-,23+/m0/s1. The number of ether oxygens (including phenoxy) is 1. The maximum Gasteiger partial charge on any atom is 0.312 e. The number of hydrogen-bond donors (Lipinski definition) is 3. The Morgan fingerprint density at radius 3 is 2.59 bits per heavy atom. The molecule has 4 rings (SSSR count). The highest BCUT2D eigenvalue weighted by Crippen LogP contribution is 2.38. The quantitative estimate of drug-likeness (QED) is 0.524. The number of rotatable bonds is 3. The van der Waals surface area contributed by atoms with Crippen LogP contribution >= 0.6 is 0 Å². The van der Waals surface area contributed by atoms with Crippen LogP contribution in [0.25, 0.3) is 0 Å². The highest BCUT2D eigenvalue weighted by molar-refractivity contribution is 5.94. The number of hydrogen-bond acceptors (Lipinski definition) is 8. The van der Waals surface area contributed by atoms with Gasteiger partial charge in [-0.15, -0.1) is 0 Å². The fraction of sp³-hybridized carbons (Fsp3) is 0.556. The first-order valence-corrected chi connectivity index (χ1v) is 13.0. The zero-order valence-corrected chi connectivity index (χ0v) is 21.1. The number of aromatic nitrogens is 2. The minimum atomic E-state index is -1.25. The van der Waals surface area contributed by atoms with Gasteiger partial charge in [-0.05, 0) is 63.4 Å². The molecule has 37 heavy (non-hydrogen) atoms. The summed E-state index contributed by atoms with van der Waals surface area (Å²) >= 11 is 0. The van der Waals surface area contributed by atoms with Gasteiger partial charge in [0.05, 0.1) is 17.2 Å².